The van der Waals surface area contributed by atoms with Gasteiger partial charge in [-0.1, -0.05) is 26.0 Å². The van der Waals surface area contributed by atoms with Gasteiger partial charge in [0, 0.05) is 25.8 Å². The number of para-hydroxylation sites is 2. The third-order valence-corrected chi connectivity index (χ3v) is 6.08. The van der Waals surface area contributed by atoms with Crippen molar-refractivity contribution >= 4 is 34.2 Å². The molecule has 0 spiro atoms. The van der Waals surface area contributed by atoms with Crippen LogP contribution < -0.4 is 9.80 Å². The van der Waals surface area contributed by atoms with E-state index in [9.17, 15) is 14.9 Å². The molecule has 0 radical (unpaired) electrons. The van der Waals surface area contributed by atoms with Crippen LogP contribution in [0.15, 0.2) is 47.9 Å². The number of ketones is 1. The van der Waals surface area contributed by atoms with E-state index in [1.165, 1.54) is 0 Å². The van der Waals surface area contributed by atoms with Gasteiger partial charge >= 0.3 is 5.97 Å². The molecule has 0 unspecified atom stereocenters. The standard InChI is InChI=1S/C26H28N6O3/c1-15(2)20-11-17(19-13-28-32(16(3)4)24(19)29-20)26(34)35-14-23(33)18(12-27)25-30(5)21-9-7-8-10-22(21)31(25)6/h7-11,13,15-16H,14H2,1-6H3. The number of anilines is 2. The minimum Gasteiger partial charge on any atom is -0.454 e. The molecule has 0 saturated heterocycles. The summed E-state index contributed by atoms with van der Waals surface area (Å²) in [6.45, 7) is 7.39. The Kier molecular flexibility index (Phi) is 6.31. The normalized spacial score (nSPS) is 12.9. The zero-order valence-corrected chi connectivity index (χ0v) is 20.7. The van der Waals surface area contributed by atoms with Crippen LogP contribution in [0.1, 0.15) is 55.7 Å². The van der Waals surface area contributed by atoms with E-state index in [2.05, 4.69) is 10.1 Å². The van der Waals surface area contributed by atoms with Crippen molar-refractivity contribution in [1.29, 1.82) is 5.26 Å². The van der Waals surface area contributed by atoms with Gasteiger partial charge in [0.05, 0.1) is 28.5 Å². The Balaban J connectivity index is 1.62. The maximum absolute atomic E-state index is 13.1. The molecule has 0 bridgehead atoms. The summed E-state index contributed by atoms with van der Waals surface area (Å²) in [5.41, 5.74) is 3.30. The highest BCUT2D eigenvalue weighted by Crippen LogP contribution is 2.40. The van der Waals surface area contributed by atoms with Gasteiger partial charge in [-0.3, -0.25) is 4.79 Å². The van der Waals surface area contributed by atoms with Gasteiger partial charge in [-0.2, -0.15) is 10.4 Å². The van der Waals surface area contributed by atoms with E-state index in [1.54, 1.807) is 40.8 Å². The van der Waals surface area contributed by atoms with E-state index >= 15 is 0 Å². The maximum atomic E-state index is 13.1. The topological polar surface area (TPSA) is 104 Å². The molecular weight excluding hydrogens is 444 g/mol. The van der Waals surface area contributed by atoms with Crippen molar-refractivity contribution in [3.05, 3.63) is 59.2 Å². The zero-order chi connectivity index (χ0) is 25.4. The van der Waals surface area contributed by atoms with Gasteiger partial charge in [-0.25, -0.2) is 14.5 Å². The lowest BCUT2D eigenvalue weighted by Gasteiger charge is -2.19. The summed E-state index contributed by atoms with van der Waals surface area (Å²) in [4.78, 5) is 34.4. The first-order valence-corrected chi connectivity index (χ1v) is 11.4. The summed E-state index contributed by atoms with van der Waals surface area (Å²) >= 11 is 0. The molecule has 0 N–H and O–H groups in total. The molecule has 0 fully saturated rings. The Bertz CT molecular complexity index is 1360. The number of Topliss-reactive ketones (excluding diaryl/α,β-unsaturated/α-hetero) is 1. The van der Waals surface area contributed by atoms with Crippen LogP contribution >= 0.6 is 0 Å². The van der Waals surface area contributed by atoms with Crippen molar-refractivity contribution in [3.63, 3.8) is 0 Å². The third kappa shape index (κ3) is 4.12. The molecule has 9 nitrogen and oxygen atoms in total. The van der Waals surface area contributed by atoms with Gasteiger partial charge < -0.3 is 14.5 Å². The molecule has 3 aromatic rings. The third-order valence-electron chi connectivity index (χ3n) is 6.08. The van der Waals surface area contributed by atoms with E-state index in [0.29, 0.717) is 22.4 Å². The van der Waals surface area contributed by atoms with E-state index in [1.807, 2.05) is 58.0 Å². The van der Waals surface area contributed by atoms with Crippen molar-refractivity contribution in [2.24, 2.45) is 0 Å². The number of carbonyl (C=O) groups is 2. The van der Waals surface area contributed by atoms with Crippen LogP contribution in [0.3, 0.4) is 0 Å². The Morgan fingerprint density at radius 1 is 1.09 bits per heavy atom. The molecular formula is C26H28N6O3. The highest BCUT2D eigenvalue weighted by Gasteiger charge is 2.31. The number of nitrogens with zero attached hydrogens (tertiary/aromatic N) is 6. The molecule has 9 heteroatoms. The first-order valence-electron chi connectivity index (χ1n) is 11.4. The number of fused-ring (bicyclic) bond motifs is 2. The van der Waals surface area contributed by atoms with Gasteiger partial charge in [-0.15, -0.1) is 0 Å². The molecule has 2 aromatic heterocycles. The molecule has 1 aliphatic heterocycles. The lowest BCUT2D eigenvalue weighted by atomic mass is 10.1. The number of carbonyl (C=O) groups excluding carboxylic acids is 2. The van der Waals surface area contributed by atoms with Crippen LogP contribution in [0.25, 0.3) is 11.0 Å². The first kappa shape index (κ1) is 24.0. The van der Waals surface area contributed by atoms with Crippen LogP contribution in [-0.4, -0.2) is 47.2 Å². The number of hydrogen-bond acceptors (Lipinski definition) is 8. The molecule has 35 heavy (non-hydrogen) atoms. The molecule has 0 saturated carbocycles. The van der Waals surface area contributed by atoms with Crippen LogP contribution in [0.5, 0.6) is 0 Å². The smallest absolute Gasteiger partial charge is 0.339 e. The molecule has 1 aliphatic rings. The van der Waals surface area contributed by atoms with Gasteiger partial charge in [0.1, 0.15) is 17.5 Å². The summed E-state index contributed by atoms with van der Waals surface area (Å²) in [6, 6.07) is 11.4. The predicted molar refractivity (Wildman–Crippen MR) is 133 cm³/mol. The van der Waals surface area contributed by atoms with Crippen molar-refractivity contribution in [1.82, 2.24) is 14.8 Å². The number of esters is 1. The number of ether oxygens (including phenoxy) is 1. The van der Waals surface area contributed by atoms with Crippen LogP contribution in [0.2, 0.25) is 0 Å². The summed E-state index contributed by atoms with van der Waals surface area (Å²) in [5, 5.41) is 14.7. The van der Waals surface area contributed by atoms with Crippen LogP contribution in [0.4, 0.5) is 11.4 Å². The number of aromatic nitrogens is 3. The van der Waals surface area contributed by atoms with Crippen molar-refractivity contribution < 1.29 is 14.3 Å². The van der Waals surface area contributed by atoms with E-state index in [0.717, 1.165) is 17.1 Å². The number of pyridine rings is 1. The fourth-order valence-electron chi connectivity index (χ4n) is 4.22. The fourth-order valence-corrected chi connectivity index (χ4v) is 4.22. The van der Waals surface area contributed by atoms with Crippen molar-refractivity contribution in [3.8, 4) is 6.07 Å². The minimum absolute atomic E-state index is 0.0576. The van der Waals surface area contributed by atoms with E-state index in [4.69, 9.17) is 4.74 Å². The molecule has 0 aliphatic carbocycles. The summed E-state index contributed by atoms with van der Waals surface area (Å²) in [5.74, 6) is -0.710. The largest absolute Gasteiger partial charge is 0.454 e. The lowest BCUT2D eigenvalue weighted by Crippen LogP contribution is -2.28. The van der Waals surface area contributed by atoms with Gasteiger partial charge in [0.25, 0.3) is 0 Å². The van der Waals surface area contributed by atoms with E-state index < -0.39 is 18.4 Å². The SMILES string of the molecule is CC(C)c1cc(C(=O)OCC(=O)C(C#N)=C2N(C)c3ccccc3N2C)c2cnn(C(C)C)c2n1. The minimum atomic E-state index is -0.658. The number of rotatable bonds is 6. The molecule has 1 aromatic carbocycles. The van der Waals surface area contributed by atoms with Crippen LogP contribution in [-0.2, 0) is 9.53 Å². The van der Waals surface area contributed by atoms with Gasteiger partial charge in [-0.05, 0) is 38.0 Å². The predicted octanol–water partition coefficient (Wildman–Crippen LogP) is 4.18. The second-order valence-electron chi connectivity index (χ2n) is 9.09. The summed E-state index contributed by atoms with van der Waals surface area (Å²) in [7, 11) is 3.59. The highest BCUT2D eigenvalue weighted by molar-refractivity contribution is 6.06. The maximum Gasteiger partial charge on any atom is 0.339 e. The first-order chi connectivity index (χ1) is 16.6. The van der Waals surface area contributed by atoms with Crippen molar-refractivity contribution in [2.45, 2.75) is 39.7 Å². The number of nitriles is 1. The Labute approximate surface area is 204 Å². The van der Waals surface area contributed by atoms with Crippen LogP contribution in [0, 0.1) is 11.3 Å². The average molecular weight is 473 g/mol. The average Bonchev–Trinajstić information content (AvgIpc) is 3.38. The number of benzene rings is 1. The Morgan fingerprint density at radius 2 is 1.71 bits per heavy atom. The lowest BCUT2D eigenvalue weighted by molar-refractivity contribution is -0.118. The fraction of sp³-hybridized carbons (Fsp3) is 0.346. The Morgan fingerprint density at radius 3 is 2.26 bits per heavy atom. The summed E-state index contributed by atoms with van der Waals surface area (Å²) in [6.07, 6.45) is 1.59. The summed E-state index contributed by atoms with van der Waals surface area (Å²) < 4.78 is 7.17. The highest BCUT2D eigenvalue weighted by atomic mass is 16.5. The second-order valence-corrected chi connectivity index (χ2v) is 9.09. The molecule has 0 amide bonds. The molecule has 180 valence electrons. The second kappa shape index (κ2) is 9.22. The molecule has 0 atom stereocenters. The molecule has 3 heterocycles. The van der Waals surface area contributed by atoms with Gasteiger partial charge in [0.15, 0.2) is 12.3 Å². The van der Waals surface area contributed by atoms with E-state index in [-0.39, 0.29) is 17.5 Å². The number of hydrogen-bond donors (Lipinski definition) is 0. The zero-order valence-electron chi connectivity index (χ0n) is 20.7. The Hall–Kier alpha value is -4.19. The monoisotopic (exact) mass is 472 g/mol. The van der Waals surface area contributed by atoms with Crippen molar-refractivity contribution in [2.75, 3.05) is 30.5 Å². The molecule has 4 rings (SSSR count). The quantitative estimate of drug-likeness (QED) is 0.299. The van der Waals surface area contributed by atoms with Gasteiger partial charge in [0.2, 0.25) is 5.78 Å².